The predicted octanol–water partition coefficient (Wildman–Crippen LogP) is 3.25. The maximum atomic E-state index is 12.6. The first-order valence-electron chi connectivity index (χ1n) is 7.92. The first kappa shape index (κ1) is 17.0. The van der Waals surface area contributed by atoms with Gasteiger partial charge in [-0.05, 0) is 28.8 Å². The molecular weight excluding hydrogens is 370 g/mol. The summed E-state index contributed by atoms with van der Waals surface area (Å²) in [5, 5.41) is 0. The van der Waals surface area contributed by atoms with Crippen LogP contribution in [0.15, 0.2) is 88.7 Å². The van der Waals surface area contributed by atoms with Crippen molar-refractivity contribution in [3.63, 3.8) is 0 Å². The normalized spacial score (nSPS) is 17.7. The SMILES string of the molecule is O=S1(=O)c2ccccc2S(=O)(=O)N1Cc1ccc(-c2ccccc2)cc1. The molecule has 3 aromatic carbocycles. The second-order valence-electron chi connectivity index (χ2n) is 5.95. The van der Waals surface area contributed by atoms with Gasteiger partial charge in [-0.2, -0.15) is 0 Å². The summed E-state index contributed by atoms with van der Waals surface area (Å²) in [5.41, 5.74) is 2.61. The van der Waals surface area contributed by atoms with E-state index in [9.17, 15) is 16.8 Å². The van der Waals surface area contributed by atoms with E-state index in [0.717, 1.165) is 11.1 Å². The Hall–Kier alpha value is -2.48. The zero-order chi connectivity index (χ0) is 18.4. The molecule has 0 aromatic heterocycles. The highest BCUT2D eigenvalue weighted by molar-refractivity contribution is 8.06. The molecule has 4 rings (SSSR count). The molecule has 3 aromatic rings. The molecule has 0 saturated heterocycles. The van der Waals surface area contributed by atoms with Crippen LogP contribution in [0.3, 0.4) is 0 Å². The van der Waals surface area contributed by atoms with Crippen molar-refractivity contribution in [1.82, 2.24) is 3.71 Å². The summed E-state index contributed by atoms with van der Waals surface area (Å²) in [4.78, 5) is -0.332. The maximum absolute atomic E-state index is 12.6. The monoisotopic (exact) mass is 385 g/mol. The first-order valence-corrected chi connectivity index (χ1v) is 10.8. The molecule has 26 heavy (non-hydrogen) atoms. The van der Waals surface area contributed by atoms with E-state index in [4.69, 9.17) is 0 Å². The zero-order valence-electron chi connectivity index (χ0n) is 13.6. The third-order valence-electron chi connectivity index (χ3n) is 4.31. The third kappa shape index (κ3) is 2.65. The van der Waals surface area contributed by atoms with Crippen LogP contribution in [0.2, 0.25) is 0 Å². The fourth-order valence-corrected chi connectivity index (χ4v) is 7.35. The zero-order valence-corrected chi connectivity index (χ0v) is 15.2. The number of fused-ring (bicyclic) bond motifs is 1. The molecule has 0 atom stereocenters. The number of sulfonamides is 2. The van der Waals surface area contributed by atoms with Gasteiger partial charge in [0.15, 0.2) is 0 Å². The van der Waals surface area contributed by atoms with Gasteiger partial charge in [-0.15, -0.1) is 0 Å². The summed E-state index contributed by atoms with van der Waals surface area (Å²) in [7, 11) is -8.14. The molecule has 0 spiro atoms. The third-order valence-corrected chi connectivity index (χ3v) is 8.77. The van der Waals surface area contributed by atoms with E-state index in [2.05, 4.69) is 0 Å². The topological polar surface area (TPSA) is 71.5 Å². The Morgan fingerprint density at radius 3 is 1.58 bits per heavy atom. The van der Waals surface area contributed by atoms with Crippen molar-refractivity contribution in [1.29, 1.82) is 0 Å². The second-order valence-corrected chi connectivity index (χ2v) is 9.84. The molecule has 0 unspecified atom stereocenters. The summed E-state index contributed by atoms with van der Waals surface area (Å²) in [6.07, 6.45) is 0. The Bertz CT molecular complexity index is 1120. The van der Waals surface area contributed by atoms with Crippen LogP contribution in [0.1, 0.15) is 5.56 Å². The van der Waals surface area contributed by atoms with Gasteiger partial charge in [0.2, 0.25) is 0 Å². The first-order chi connectivity index (χ1) is 12.4. The molecule has 132 valence electrons. The average Bonchev–Trinajstić information content (AvgIpc) is 2.81. The lowest BCUT2D eigenvalue weighted by atomic mass is 10.0. The number of nitrogens with zero attached hydrogens (tertiary/aromatic N) is 1. The lowest BCUT2D eigenvalue weighted by Gasteiger charge is -2.14. The minimum atomic E-state index is -4.07. The average molecular weight is 385 g/mol. The fraction of sp³-hybridized carbons (Fsp3) is 0.0526. The van der Waals surface area contributed by atoms with Crippen LogP contribution < -0.4 is 0 Å². The van der Waals surface area contributed by atoms with Gasteiger partial charge in [-0.3, -0.25) is 0 Å². The molecule has 1 aliphatic heterocycles. The van der Waals surface area contributed by atoms with Crippen molar-refractivity contribution in [3.8, 4) is 11.1 Å². The fourth-order valence-electron chi connectivity index (χ4n) is 2.98. The van der Waals surface area contributed by atoms with Crippen molar-refractivity contribution in [2.24, 2.45) is 0 Å². The van der Waals surface area contributed by atoms with Crippen LogP contribution in [0, 0.1) is 0 Å². The van der Waals surface area contributed by atoms with Crippen LogP contribution in [0.25, 0.3) is 11.1 Å². The van der Waals surface area contributed by atoms with Crippen LogP contribution in [-0.4, -0.2) is 20.5 Å². The smallest absolute Gasteiger partial charge is 0.206 e. The minimum absolute atomic E-state index is 0.166. The van der Waals surface area contributed by atoms with E-state index in [1.165, 1.54) is 24.3 Å². The van der Waals surface area contributed by atoms with Gasteiger partial charge in [0.1, 0.15) is 9.79 Å². The Morgan fingerprint density at radius 2 is 1.04 bits per heavy atom. The Kier molecular flexibility index (Phi) is 3.95. The molecule has 7 heteroatoms. The van der Waals surface area contributed by atoms with Gasteiger partial charge in [0.05, 0.1) is 6.54 Å². The molecule has 5 nitrogen and oxygen atoms in total. The standard InChI is InChI=1S/C19H15NO4S2/c21-25(22)18-8-4-5-9-19(18)26(23,24)20(25)14-15-10-12-17(13-11-15)16-6-2-1-3-7-16/h1-13H,14H2. The largest absolute Gasteiger partial charge is 0.258 e. The van der Waals surface area contributed by atoms with E-state index >= 15 is 0 Å². The van der Waals surface area contributed by atoms with Crippen molar-refractivity contribution >= 4 is 20.0 Å². The molecule has 0 amide bonds. The molecular formula is C19H15NO4S2. The van der Waals surface area contributed by atoms with Gasteiger partial charge in [-0.25, -0.2) is 16.8 Å². The van der Waals surface area contributed by atoms with Crippen molar-refractivity contribution in [3.05, 3.63) is 84.4 Å². The highest BCUT2D eigenvalue weighted by Crippen LogP contribution is 2.37. The molecule has 0 bridgehead atoms. The lowest BCUT2D eigenvalue weighted by Crippen LogP contribution is -2.29. The molecule has 1 heterocycles. The molecule has 1 aliphatic rings. The Labute approximate surface area is 152 Å². The van der Waals surface area contributed by atoms with E-state index < -0.39 is 20.0 Å². The maximum Gasteiger partial charge on any atom is 0.258 e. The minimum Gasteiger partial charge on any atom is -0.206 e. The van der Waals surface area contributed by atoms with E-state index in [1.807, 2.05) is 42.5 Å². The summed E-state index contributed by atoms with van der Waals surface area (Å²) in [6, 6.07) is 22.6. The highest BCUT2D eigenvalue weighted by Gasteiger charge is 2.46. The molecule has 0 radical (unpaired) electrons. The van der Waals surface area contributed by atoms with Gasteiger partial charge in [0, 0.05) is 0 Å². The summed E-state index contributed by atoms with van der Waals surface area (Å²) >= 11 is 0. The van der Waals surface area contributed by atoms with E-state index in [1.54, 1.807) is 12.1 Å². The van der Waals surface area contributed by atoms with Crippen LogP contribution in [0.5, 0.6) is 0 Å². The van der Waals surface area contributed by atoms with Crippen molar-refractivity contribution in [2.45, 2.75) is 16.3 Å². The second kappa shape index (κ2) is 6.05. The van der Waals surface area contributed by atoms with E-state index in [-0.39, 0.29) is 16.3 Å². The van der Waals surface area contributed by atoms with Gasteiger partial charge < -0.3 is 0 Å². The van der Waals surface area contributed by atoms with Crippen molar-refractivity contribution < 1.29 is 16.8 Å². The number of hydrogen-bond donors (Lipinski definition) is 0. The number of rotatable bonds is 3. The molecule has 0 N–H and O–H groups in total. The molecule has 0 saturated carbocycles. The predicted molar refractivity (Wildman–Crippen MR) is 98.2 cm³/mol. The summed E-state index contributed by atoms with van der Waals surface area (Å²) in [6.45, 7) is -0.228. The quantitative estimate of drug-likeness (QED) is 0.694. The molecule has 0 fully saturated rings. The summed E-state index contributed by atoms with van der Waals surface area (Å²) < 4.78 is 51.1. The van der Waals surface area contributed by atoms with Crippen molar-refractivity contribution in [2.75, 3.05) is 0 Å². The van der Waals surface area contributed by atoms with Gasteiger partial charge in [-0.1, -0.05) is 70.4 Å². The van der Waals surface area contributed by atoms with Crippen LogP contribution >= 0.6 is 0 Å². The lowest BCUT2D eigenvalue weighted by molar-refractivity contribution is 0.506. The van der Waals surface area contributed by atoms with Gasteiger partial charge in [0.25, 0.3) is 20.0 Å². The van der Waals surface area contributed by atoms with Gasteiger partial charge >= 0.3 is 0 Å². The number of benzene rings is 3. The van der Waals surface area contributed by atoms with E-state index in [0.29, 0.717) is 9.27 Å². The highest BCUT2D eigenvalue weighted by atomic mass is 32.3. The molecule has 0 aliphatic carbocycles. The Morgan fingerprint density at radius 1 is 0.577 bits per heavy atom. The Balaban J connectivity index is 1.68. The number of hydrogen-bond acceptors (Lipinski definition) is 4. The summed E-state index contributed by atoms with van der Waals surface area (Å²) in [5.74, 6) is 0. The van der Waals surface area contributed by atoms with Crippen LogP contribution in [0.4, 0.5) is 0 Å². The van der Waals surface area contributed by atoms with Crippen LogP contribution in [-0.2, 0) is 26.6 Å².